The maximum atomic E-state index is 13.8. The van der Waals surface area contributed by atoms with Crippen LogP contribution in [-0.4, -0.2) is 45.1 Å². The predicted octanol–water partition coefficient (Wildman–Crippen LogP) is 4.68. The number of carboxylic acids is 1. The molecule has 0 unspecified atom stereocenters. The van der Waals surface area contributed by atoms with E-state index in [0.717, 1.165) is 23.3 Å². The van der Waals surface area contributed by atoms with Crippen molar-refractivity contribution in [2.75, 3.05) is 13.7 Å². The number of halogens is 2. The van der Waals surface area contributed by atoms with Crippen LogP contribution >= 0.6 is 0 Å². The molecule has 38 heavy (non-hydrogen) atoms. The van der Waals surface area contributed by atoms with Crippen LogP contribution < -0.4 is 9.47 Å². The molecule has 0 bridgehead atoms. The summed E-state index contributed by atoms with van der Waals surface area (Å²) in [5.74, 6) is -2.79. The van der Waals surface area contributed by atoms with Crippen molar-refractivity contribution < 1.29 is 33.0 Å². The maximum absolute atomic E-state index is 13.8. The number of benzene rings is 3. The summed E-state index contributed by atoms with van der Waals surface area (Å²) in [4.78, 5) is 29.4. The van der Waals surface area contributed by atoms with Gasteiger partial charge in [-0.15, -0.1) is 0 Å². The Balaban J connectivity index is 1.43. The smallest absolute Gasteiger partial charge is 0.323 e. The van der Waals surface area contributed by atoms with Gasteiger partial charge < -0.3 is 24.0 Å². The zero-order valence-corrected chi connectivity index (χ0v) is 20.7. The lowest BCUT2D eigenvalue weighted by Crippen LogP contribution is -2.35. The van der Waals surface area contributed by atoms with E-state index >= 15 is 0 Å². The van der Waals surface area contributed by atoms with Gasteiger partial charge >= 0.3 is 5.97 Å². The summed E-state index contributed by atoms with van der Waals surface area (Å²) >= 11 is 0. The highest BCUT2D eigenvalue weighted by Crippen LogP contribution is 2.33. The molecule has 1 N–H and O–H groups in total. The average molecular weight is 522 g/mol. The molecule has 0 aliphatic heterocycles. The molecule has 4 rings (SSSR count). The van der Waals surface area contributed by atoms with Crippen LogP contribution in [0.25, 0.3) is 11.1 Å². The Morgan fingerprint density at radius 3 is 2.39 bits per heavy atom. The van der Waals surface area contributed by atoms with Gasteiger partial charge in [0.05, 0.1) is 13.4 Å². The number of hydrogen-bond donors (Lipinski definition) is 1. The van der Waals surface area contributed by atoms with Crippen LogP contribution in [0.15, 0.2) is 73.2 Å². The first-order valence-corrected chi connectivity index (χ1v) is 11.6. The molecule has 10 heteroatoms. The van der Waals surface area contributed by atoms with Crippen LogP contribution in [0.1, 0.15) is 21.6 Å². The lowest BCUT2D eigenvalue weighted by atomic mass is 10.0. The van der Waals surface area contributed by atoms with Crippen molar-refractivity contribution in [3.05, 3.63) is 102 Å². The summed E-state index contributed by atoms with van der Waals surface area (Å²) < 4.78 is 40.0. The number of aromatic nitrogens is 2. The zero-order chi connectivity index (χ0) is 27.2. The second-order valence-corrected chi connectivity index (χ2v) is 8.58. The van der Waals surface area contributed by atoms with Crippen LogP contribution in [0, 0.1) is 11.6 Å². The van der Waals surface area contributed by atoms with Crippen molar-refractivity contribution >= 4 is 11.9 Å². The van der Waals surface area contributed by atoms with E-state index in [1.54, 1.807) is 48.0 Å². The standard InChI is InChI=1S/C28H25F2N3O5/c1-32-14-25(31-17-32)28(36)33(15-27(34)35)13-18-4-3-5-19(10-18)16-38-21-8-6-20(7-9-21)22-11-23(29)24(30)12-26(22)37-2/h3-12,14,17H,13,15-16H2,1-2H3,(H,34,35). The Morgan fingerprint density at radius 1 is 1.03 bits per heavy atom. The Labute approximate surface area is 217 Å². The summed E-state index contributed by atoms with van der Waals surface area (Å²) in [5.41, 5.74) is 2.76. The van der Waals surface area contributed by atoms with Crippen LogP contribution in [0.3, 0.4) is 0 Å². The number of carbonyl (C=O) groups excluding carboxylic acids is 1. The first kappa shape index (κ1) is 26.3. The highest BCUT2D eigenvalue weighted by atomic mass is 19.2. The van der Waals surface area contributed by atoms with E-state index in [1.165, 1.54) is 24.5 Å². The molecule has 0 saturated heterocycles. The minimum atomic E-state index is -1.13. The maximum Gasteiger partial charge on any atom is 0.323 e. The quantitative estimate of drug-likeness (QED) is 0.326. The Hall–Kier alpha value is -4.73. The van der Waals surface area contributed by atoms with Crippen LogP contribution in [0.2, 0.25) is 0 Å². The molecule has 1 amide bonds. The summed E-state index contributed by atoms with van der Waals surface area (Å²) in [6, 6.07) is 16.2. The van der Waals surface area contributed by atoms with Gasteiger partial charge in [-0.3, -0.25) is 9.59 Å². The zero-order valence-electron chi connectivity index (χ0n) is 20.7. The largest absolute Gasteiger partial charge is 0.496 e. The van der Waals surface area contributed by atoms with Gasteiger partial charge in [-0.2, -0.15) is 0 Å². The van der Waals surface area contributed by atoms with Crippen LogP contribution in [0.4, 0.5) is 8.78 Å². The second kappa shape index (κ2) is 11.5. The van der Waals surface area contributed by atoms with Gasteiger partial charge in [0.1, 0.15) is 30.3 Å². The van der Waals surface area contributed by atoms with E-state index in [-0.39, 0.29) is 24.6 Å². The molecule has 1 aromatic heterocycles. The molecule has 0 aliphatic carbocycles. The summed E-state index contributed by atoms with van der Waals surface area (Å²) in [6.07, 6.45) is 3.01. The number of nitrogens with zero attached hydrogens (tertiary/aromatic N) is 3. The highest BCUT2D eigenvalue weighted by molar-refractivity contribution is 5.93. The Kier molecular flexibility index (Phi) is 8.00. The van der Waals surface area contributed by atoms with Gasteiger partial charge in [-0.1, -0.05) is 36.4 Å². The van der Waals surface area contributed by atoms with Crippen molar-refractivity contribution in [2.24, 2.45) is 7.05 Å². The fraction of sp³-hybridized carbons (Fsp3) is 0.179. The summed E-state index contributed by atoms with van der Waals surface area (Å²) in [6.45, 7) is -0.166. The summed E-state index contributed by atoms with van der Waals surface area (Å²) in [7, 11) is 3.11. The van der Waals surface area contributed by atoms with Crippen molar-refractivity contribution in [3.63, 3.8) is 0 Å². The number of hydrogen-bond acceptors (Lipinski definition) is 5. The fourth-order valence-corrected chi connectivity index (χ4v) is 3.91. The lowest BCUT2D eigenvalue weighted by molar-refractivity contribution is -0.137. The minimum Gasteiger partial charge on any atom is -0.496 e. The number of aryl methyl sites for hydroxylation is 1. The molecule has 0 atom stereocenters. The third-order valence-corrected chi connectivity index (χ3v) is 5.72. The molecule has 1 heterocycles. The first-order chi connectivity index (χ1) is 18.2. The number of carbonyl (C=O) groups is 2. The van der Waals surface area contributed by atoms with Gasteiger partial charge in [0.25, 0.3) is 5.91 Å². The number of ether oxygens (including phenoxy) is 2. The van der Waals surface area contributed by atoms with Crippen molar-refractivity contribution in [2.45, 2.75) is 13.2 Å². The number of carboxylic acid groups (broad SMARTS) is 1. The summed E-state index contributed by atoms with van der Waals surface area (Å²) in [5, 5.41) is 9.29. The highest BCUT2D eigenvalue weighted by Gasteiger charge is 2.21. The number of imidazole rings is 1. The molecule has 0 radical (unpaired) electrons. The first-order valence-electron chi connectivity index (χ1n) is 11.6. The number of aliphatic carboxylic acids is 1. The molecular weight excluding hydrogens is 496 g/mol. The van der Waals surface area contributed by atoms with Crippen molar-refractivity contribution in [1.82, 2.24) is 14.5 Å². The number of amides is 1. The molecule has 3 aromatic carbocycles. The van der Waals surface area contributed by atoms with E-state index in [9.17, 15) is 23.5 Å². The molecule has 0 fully saturated rings. The van der Waals surface area contributed by atoms with Gasteiger partial charge in [0.15, 0.2) is 11.6 Å². The van der Waals surface area contributed by atoms with Crippen molar-refractivity contribution in [3.8, 4) is 22.6 Å². The molecule has 196 valence electrons. The van der Waals surface area contributed by atoms with Gasteiger partial charge in [0.2, 0.25) is 0 Å². The van der Waals surface area contributed by atoms with E-state index < -0.39 is 30.1 Å². The number of methoxy groups -OCH3 is 1. The fourth-order valence-electron chi connectivity index (χ4n) is 3.91. The lowest BCUT2D eigenvalue weighted by Gasteiger charge is -2.20. The Bertz CT molecular complexity index is 1450. The van der Waals surface area contributed by atoms with E-state index in [0.29, 0.717) is 16.9 Å². The predicted molar refractivity (Wildman–Crippen MR) is 135 cm³/mol. The minimum absolute atomic E-state index is 0.0836. The monoisotopic (exact) mass is 521 g/mol. The molecular formula is C28H25F2N3O5. The second-order valence-electron chi connectivity index (χ2n) is 8.58. The molecule has 0 aliphatic rings. The van der Waals surface area contributed by atoms with Crippen LogP contribution in [-0.2, 0) is 25.0 Å². The van der Waals surface area contributed by atoms with Gasteiger partial charge in [-0.05, 0) is 34.9 Å². The van der Waals surface area contributed by atoms with Gasteiger partial charge in [-0.25, -0.2) is 13.8 Å². The van der Waals surface area contributed by atoms with E-state index in [1.807, 2.05) is 12.1 Å². The average Bonchev–Trinajstić information content (AvgIpc) is 3.34. The number of rotatable bonds is 10. The van der Waals surface area contributed by atoms with Crippen LogP contribution in [0.5, 0.6) is 11.5 Å². The van der Waals surface area contributed by atoms with Crippen molar-refractivity contribution in [1.29, 1.82) is 0 Å². The SMILES string of the molecule is COc1cc(F)c(F)cc1-c1ccc(OCc2cccc(CN(CC(=O)O)C(=O)c3cn(C)cn3)c2)cc1. The van der Waals surface area contributed by atoms with E-state index in [2.05, 4.69) is 4.98 Å². The third kappa shape index (κ3) is 6.33. The Morgan fingerprint density at radius 2 is 1.74 bits per heavy atom. The normalized spacial score (nSPS) is 10.7. The topological polar surface area (TPSA) is 93.9 Å². The molecule has 4 aromatic rings. The molecule has 0 spiro atoms. The molecule has 0 saturated carbocycles. The van der Waals surface area contributed by atoms with Gasteiger partial charge in [0, 0.05) is 31.4 Å². The third-order valence-electron chi connectivity index (χ3n) is 5.72. The van der Waals surface area contributed by atoms with E-state index in [4.69, 9.17) is 9.47 Å². The molecule has 8 nitrogen and oxygen atoms in total.